The maximum atomic E-state index is 5.41. The lowest BCUT2D eigenvalue weighted by atomic mass is 10.1. The molecule has 0 unspecified atom stereocenters. The summed E-state index contributed by atoms with van der Waals surface area (Å²) < 4.78 is 7.63. The maximum absolute atomic E-state index is 5.41. The fraction of sp³-hybridized carbons (Fsp3) is 0.600. The number of nitrogens with zero attached hydrogens (tertiary/aromatic N) is 4. The molecule has 1 aliphatic heterocycles. The van der Waals surface area contributed by atoms with Gasteiger partial charge in [0.2, 0.25) is 5.89 Å². The van der Waals surface area contributed by atoms with Crippen LogP contribution in [0.5, 0.6) is 0 Å². The Morgan fingerprint density at radius 2 is 2.25 bits per heavy atom. The number of hydrogen-bond donors (Lipinski definition) is 0. The zero-order valence-electron chi connectivity index (χ0n) is 11.8. The minimum atomic E-state index is 0.478. The van der Waals surface area contributed by atoms with Gasteiger partial charge in [-0.15, -0.1) is 0 Å². The first-order valence-electron chi connectivity index (χ1n) is 7.49. The third-order valence-electron chi connectivity index (χ3n) is 4.45. The van der Waals surface area contributed by atoms with Crippen molar-refractivity contribution in [3.05, 3.63) is 35.7 Å². The van der Waals surface area contributed by atoms with Gasteiger partial charge in [-0.25, -0.2) is 0 Å². The van der Waals surface area contributed by atoms with Crippen molar-refractivity contribution in [3.8, 4) is 0 Å². The predicted molar refractivity (Wildman–Crippen MR) is 74.1 cm³/mol. The molecule has 0 N–H and O–H groups in total. The van der Waals surface area contributed by atoms with Crippen LogP contribution in [0.25, 0.3) is 0 Å². The van der Waals surface area contributed by atoms with Crippen molar-refractivity contribution in [3.63, 3.8) is 0 Å². The van der Waals surface area contributed by atoms with E-state index in [-0.39, 0.29) is 0 Å². The largest absolute Gasteiger partial charge is 0.353 e. The quantitative estimate of drug-likeness (QED) is 0.858. The summed E-state index contributed by atoms with van der Waals surface area (Å²) in [4.78, 5) is 7.01. The van der Waals surface area contributed by atoms with Crippen LogP contribution in [0, 0.1) is 0 Å². The summed E-state index contributed by atoms with van der Waals surface area (Å²) in [6.07, 6.45) is 6.99. The van der Waals surface area contributed by atoms with Crippen LogP contribution in [-0.2, 0) is 13.6 Å². The highest BCUT2D eigenvalue weighted by Crippen LogP contribution is 2.38. The number of hydrogen-bond acceptors (Lipinski definition) is 4. The Hall–Kier alpha value is -1.62. The van der Waals surface area contributed by atoms with E-state index >= 15 is 0 Å². The molecule has 4 rings (SSSR count). The molecular formula is C15H20N4O. The van der Waals surface area contributed by atoms with Gasteiger partial charge in [0, 0.05) is 24.9 Å². The minimum absolute atomic E-state index is 0.478. The molecule has 106 valence electrons. The molecule has 0 spiro atoms. The number of aromatic nitrogens is 3. The first-order valence-corrected chi connectivity index (χ1v) is 7.49. The molecule has 1 saturated carbocycles. The molecular weight excluding hydrogens is 252 g/mol. The average Bonchev–Trinajstić information content (AvgIpc) is 2.85. The molecule has 0 bridgehead atoms. The normalized spacial score (nSPS) is 23.6. The van der Waals surface area contributed by atoms with Gasteiger partial charge in [-0.05, 0) is 44.4 Å². The molecule has 2 aliphatic rings. The van der Waals surface area contributed by atoms with Crippen LogP contribution in [-0.4, -0.2) is 26.2 Å². The molecule has 2 fully saturated rings. The summed E-state index contributed by atoms with van der Waals surface area (Å²) in [6.45, 7) is 1.88. The second kappa shape index (κ2) is 4.74. The molecule has 1 saturated heterocycles. The van der Waals surface area contributed by atoms with Crippen LogP contribution in [0.2, 0.25) is 0 Å². The summed E-state index contributed by atoms with van der Waals surface area (Å²) in [7, 11) is 2.11. The van der Waals surface area contributed by atoms with Crippen molar-refractivity contribution in [1.82, 2.24) is 19.6 Å². The molecule has 3 heterocycles. The first kappa shape index (κ1) is 12.1. The number of rotatable bonds is 4. The van der Waals surface area contributed by atoms with Crippen LogP contribution in [0.4, 0.5) is 0 Å². The monoisotopic (exact) mass is 272 g/mol. The van der Waals surface area contributed by atoms with Gasteiger partial charge < -0.3 is 9.09 Å². The van der Waals surface area contributed by atoms with Crippen LogP contribution in [0.1, 0.15) is 55.1 Å². The van der Waals surface area contributed by atoms with Gasteiger partial charge in [-0.2, -0.15) is 4.98 Å². The summed E-state index contributed by atoms with van der Waals surface area (Å²) >= 11 is 0. The topological polar surface area (TPSA) is 47.1 Å². The smallest absolute Gasteiger partial charge is 0.240 e. The first-order chi connectivity index (χ1) is 9.81. The lowest BCUT2D eigenvalue weighted by Crippen LogP contribution is -2.24. The highest BCUT2D eigenvalue weighted by Gasteiger charge is 2.31. The molecule has 1 aliphatic carbocycles. The average molecular weight is 272 g/mol. The van der Waals surface area contributed by atoms with E-state index in [0.29, 0.717) is 12.0 Å². The van der Waals surface area contributed by atoms with Gasteiger partial charge in [0.1, 0.15) is 0 Å². The predicted octanol–water partition coefficient (Wildman–Crippen LogP) is 2.62. The van der Waals surface area contributed by atoms with Gasteiger partial charge in [0.15, 0.2) is 5.82 Å². The van der Waals surface area contributed by atoms with E-state index < -0.39 is 0 Å². The minimum Gasteiger partial charge on any atom is -0.353 e. The third-order valence-corrected chi connectivity index (χ3v) is 4.45. The lowest BCUT2D eigenvalue weighted by Gasteiger charge is -2.23. The van der Waals surface area contributed by atoms with Crippen molar-refractivity contribution < 1.29 is 4.52 Å². The van der Waals surface area contributed by atoms with Crippen molar-refractivity contribution in [2.24, 2.45) is 7.05 Å². The van der Waals surface area contributed by atoms with Gasteiger partial charge in [-0.1, -0.05) is 5.16 Å². The van der Waals surface area contributed by atoms with Crippen molar-refractivity contribution in [2.45, 2.75) is 44.2 Å². The Labute approximate surface area is 118 Å². The van der Waals surface area contributed by atoms with Gasteiger partial charge in [-0.3, -0.25) is 4.90 Å². The summed E-state index contributed by atoms with van der Waals surface area (Å²) in [5, 5.41) is 4.11. The molecule has 5 nitrogen and oxygen atoms in total. The standard InChI is InChI=1S/C15H20N4O/c1-18-8-2-4-12(18)13-5-3-9-19(13)10-14-16-15(17-20-14)11-6-7-11/h2,4,8,11,13H,3,5-7,9-10H2,1H3/t13-/m1/s1. The number of aryl methyl sites for hydroxylation is 1. The second-order valence-electron chi connectivity index (χ2n) is 5.99. The highest BCUT2D eigenvalue weighted by atomic mass is 16.5. The van der Waals surface area contributed by atoms with E-state index in [1.807, 2.05) is 0 Å². The molecule has 2 aromatic heterocycles. The summed E-state index contributed by atoms with van der Waals surface area (Å²) in [5.41, 5.74) is 1.38. The van der Waals surface area contributed by atoms with Gasteiger partial charge in [0.25, 0.3) is 0 Å². The van der Waals surface area contributed by atoms with Gasteiger partial charge in [0.05, 0.1) is 12.6 Å². The third kappa shape index (κ3) is 2.16. The van der Waals surface area contributed by atoms with Crippen molar-refractivity contribution in [2.75, 3.05) is 6.54 Å². The van der Waals surface area contributed by atoms with Crippen LogP contribution < -0.4 is 0 Å². The Morgan fingerprint density at radius 3 is 3.00 bits per heavy atom. The second-order valence-corrected chi connectivity index (χ2v) is 5.99. The van der Waals surface area contributed by atoms with E-state index in [9.17, 15) is 0 Å². The SMILES string of the molecule is Cn1cccc1[C@H]1CCCN1Cc1nc(C2CC2)no1. The fourth-order valence-electron chi connectivity index (χ4n) is 3.18. The van der Waals surface area contributed by atoms with Crippen LogP contribution in [0.15, 0.2) is 22.9 Å². The maximum Gasteiger partial charge on any atom is 0.240 e. The molecule has 0 amide bonds. The molecule has 1 atom stereocenters. The molecule has 20 heavy (non-hydrogen) atoms. The van der Waals surface area contributed by atoms with E-state index in [0.717, 1.165) is 24.8 Å². The fourth-order valence-corrected chi connectivity index (χ4v) is 3.18. The van der Waals surface area contributed by atoms with Crippen molar-refractivity contribution >= 4 is 0 Å². The summed E-state index contributed by atoms with van der Waals surface area (Å²) in [6, 6.07) is 4.81. The van der Waals surface area contributed by atoms with Crippen LogP contribution >= 0.6 is 0 Å². The van der Waals surface area contributed by atoms with E-state index in [2.05, 4.69) is 45.0 Å². The van der Waals surface area contributed by atoms with Gasteiger partial charge >= 0.3 is 0 Å². The molecule has 0 radical (unpaired) electrons. The zero-order valence-corrected chi connectivity index (χ0v) is 11.8. The van der Waals surface area contributed by atoms with E-state index in [1.165, 1.54) is 31.4 Å². The highest BCUT2D eigenvalue weighted by molar-refractivity contribution is 5.13. The summed E-state index contributed by atoms with van der Waals surface area (Å²) in [5.74, 6) is 2.25. The molecule has 0 aromatic carbocycles. The van der Waals surface area contributed by atoms with Crippen LogP contribution in [0.3, 0.4) is 0 Å². The Kier molecular flexibility index (Phi) is 2.88. The molecule has 2 aromatic rings. The van der Waals surface area contributed by atoms with E-state index in [1.54, 1.807) is 0 Å². The number of likely N-dealkylation sites (tertiary alicyclic amines) is 1. The van der Waals surface area contributed by atoms with E-state index in [4.69, 9.17) is 4.52 Å². The Morgan fingerprint density at radius 1 is 1.35 bits per heavy atom. The Balaban J connectivity index is 1.50. The Bertz CT molecular complexity index is 599. The van der Waals surface area contributed by atoms with Crippen molar-refractivity contribution in [1.29, 1.82) is 0 Å². The molecule has 5 heteroatoms. The lowest BCUT2D eigenvalue weighted by molar-refractivity contribution is 0.207. The zero-order chi connectivity index (χ0) is 13.5.